The molecule has 1 N–H and O–H groups in total. The zero-order valence-corrected chi connectivity index (χ0v) is 9.51. The standard InChI is InChI=1S/C15H10O3/c16-14-10-6-4-8-2-1-3-9-5-7-11(15(17)18-14)13(10)12(8)9/h1-2,4-7,14,16H,3H2. The number of esters is 1. The predicted octanol–water partition coefficient (Wildman–Crippen LogP) is 2.57. The van der Waals surface area contributed by atoms with E-state index in [9.17, 15) is 9.90 Å². The quantitative estimate of drug-likeness (QED) is 0.717. The van der Waals surface area contributed by atoms with Crippen LogP contribution in [0.15, 0.2) is 30.3 Å². The molecule has 1 atom stereocenters. The van der Waals surface area contributed by atoms with Crippen molar-refractivity contribution in [2.24, 2.45) is 0 Å². The van der Waals surface area contributed by atoms with Crippen molar-refractivity contribution >= 4 is 22.8 Å². The third kappa shape index (κ3) is 1.09. The van der Waals surface area contributed by atoms with Crippen LogP contribution in [0.4, 0.5) is 0 Å². The number of benzene rings is 2. The van der Waals surface area contributed by atoms with Crippen molar-refractivity contribution in [2.45, 2.75) is 12.7 Å². The smallest absolute Gasteiger partial charge is 0.341 e. The number of rotatable bonds is 0. The van der Waals surface area contributed by atoms with Crippen LogP contribution >= 0.6 is 0 Å². The Morgan fingerprint density at radius 1 is 1.17 bits per heavy atom. The minimum Gasteiger partial charge on any atom is -0.428 e. The van der Waals surface area contributed by atoms with Crippen LogP contribution in [-0.4, -0.2) is 11.1 Å². The molecule has 1 aliphatic carbocycles. The highest BCUT2D eigenvalue weighted by molar-refractivity contribution is 6.11. The minimum atomic E-state index is -1.15. The first-order valence-corrected chi connectivity index (χ1v) is 5.90. The van der Waals surface area contributed by atoms with Crippen LogP contribution in [-0.2, 0) is 11.2 Å². The van der Waals surface area contributed by atoms with E-state index in [1.807, 2.05) is 18.2 Å². The molecule has 18 heavy (non-hydrogen) atoms. The van der Waals surface area contributed by atoms with Gasteiger partial charge in [0.05, 0.1) is 5.56 Å². The van der Waals surface area contributed by atoms with E-state index in [1.54, 1.807) is 6.07 Å². The lowest BCUT2D eigenvalue weighted by atomic mass is 9.87. The van der Waals surface area contributed by atoms with Crippen molar-refractivity contribution in [3.05, 3.63) is 52.6 Å². The Kier molecular flexibility index (Phi) is 1.76. The number of hydrogen-bond acceptors (Lipinski definition) is 3. The van der Waals surface area contributed by atoms with Crippen molar-refractivity contribution in [1.82, 2.24) is 0 Å². The summed E-state index contributed by atoms with van der Waals surface area (Å²) in [6.45, 7) is 0. The maximum Gasteiger partial charge on any atom is 0.341 e. The number of aliphatic hydroxyl groups is 1. The maximum atomic E-state index is 11.8. The molecule has 0 fully saturated rings. The molecule has 0 amide bonds. The highest BCUT2D eigenvalue weighted by atomic mass is 16.6. The van der Waals surface area contributed by atoms with Crippen molar-refractivity contribution in [3.8, 4) is 0 Å². The SMILES string of the molecule is O=C1OC(O)c2ccc3c4c(ccc1c24)CC=C3. The van der Waals surface area contributed by atoms with Gasteiger partial charge in [-0.1, -0.05) is 30.4 Å². The first-order chi connectivity index (χ1) is 8.75. The molecule has 0 spiro atoms. The van der Waals surface area contributed by atoms with E-state index in [0.29, 0.717) is 11.1 Å². The first-order valence-electron chi connectivity index (χ1n) is 5.90. The molecule has 2 aromatic carbocycles. The molecule has 1 heterocycles. The van der Waals surface area contributed by atoms with E-state index < -0.39 is 12.3 Å². The Balaban J connectivity index is 2.25. The molecule has 2 aliphatic rings. The van der Waals surface area contributed by atoms with Gasteiger partial charge in [0.25, 0.3) is 0 Å². The monoisotopic (exact) mass is 238 g/mol. The molecule has 1 unspecified atom stereocenters. The first kappa shape index (κ1) is 9.85. The van der Waals surface area contributed by atoms with Gasteiger partial charge in [0.2, 0.25) is 6.29 Å². The maximum absolute atomic E-state index is 11.8. The third-order valence-corrected chi connectivity index (χ3v) is 3.65. The highest BCUT2D eigenvalue weighted by Crippen LogP contribution is 2.39. The molecule has 4 rings (SSSR count). The Morgan fingerprint density at radius 2 is 2.06 bits per heavy atom. The van der Waals surface area contributed by atoms with Gasteiger partial charge in [0.1, 0.15) is 0 Å². The second kappa shape index (κ2) is 3.21. The number of carbonyl (C=O) groups excluding carboxylic acids is 1. The van der Waals surface area contributed by atoms with Crippen LogP contribution < -0.4 is 0 Å². The Morgan fingerprint density at radius 3 is 2.94 bits per heavy atom. The van der Waals surface area contributed by atoms with Gasteiger partial charge in [-0.15, -0.1) is 0 Å². The van der Waals surface area contributed by atoms with E-state index in [4.69, 9.17) is 4.74 Å². The summed E-state index contributed by atoms with van der Waals surface area (Å²) in [6.07, 6.45) is 3.87. The Hall–Kier alpha value is -2.13. The van der Waals surface area contributed by atoms with E-state index in [-0.39, 0.29) is 0 Å². The lowest BCUT2D eigenvalue weighted by Crippen LogP contribution is -2.18. The molecule has 0 radical (unpaired) electrons. The molecule has 0 bridgehead atoms. The molecule has 2 aromatic rings. The summed E-state index contributed by atoms with van der Waals surface area (Å²) >= 11 is 0. The van der Waals surface area contributed by atoms with Crippen molar-refractivity contribution in [3.63, 3.8) is 0 Å². The molecule has 3 heteroatoms. The van der Waals surface area contributed by atoms with E-state index in [1.165, 1.54) is 5.56 Å². The molecule has 0 saturated heterocycles. The Labute approximate surface area is 103 Å². The minimum absolute atomic E-state index is 0.451. The topological polar surface area (TPSA) is 46.5 Å². The molecule has 3 nitrogen and oxygen atoms in total. The lowest BCUT2D eigenvalue weighted by molar-refractivity contribution is -0.0686. The largest absolute Gasteiger partial charge is 0.428 e. The van der Waals surface area contributed by atoms with Gasteiger partial charge in [-0.3, -0.25) is 0 Å². The number of cyclic esters (lactones) is 1. The lowest BCUT2D eigenvalue weighted by Gasteiger charge is -2.24. The van der Waals surface area contributed by atoms with E-state index in [2.05, 4.69) is 12.2 Å². The second-order valence-electron chi connectivity index (χ2n) is 4.63. The van der Waals surface area contributed by atoms with Gasteiger partial charge in [-0.2, -0.15) is 0 Å². The zero-order chi connectivity index (χ0) is 12.3. The van der Waals surface area contributed by atoms with Crippen molar-refractivity contribution in [2.75, 3.05) is 0 Å². The van der Waals surface area contributed by atoms with Crippen LogP contribution in [0.25, 0.3) is 16.8 Å². The summed E-state index contributed by atoms with van der Waals surface area (Å²) in [5, 5.41) is 11.8. The number of hydrogen-bond donors (Lipinski definition) is 1. The molecule has 1 aliphatic heterocycles. The van der Waals surface area contributed by atoms with Crippen LogP contribution in [0.5, 0.6) is 0 Å². The zero-order valence-electron chi connectivity index (χ0n) is 9.51. The van der Waals surface area contributed by atoms with Crippen LogP contribution in [0.1, 0.15) is 33.3 Å². The van der Waals surface area contributed by atoms with E-state index in [0.717, 1.165) is 22.8 Å². The average Bonchev–Trinajstić information content (AvgIpc) is 2.38. The van der Waals surface area contributed by atoms with Crippen LogP contribution in [0, 0.1) is 0 Å². The van der Waals surface area contributed by atoms with Gasteiger partial charge in [-0.25, -0.2) is 4.79 Å². The van der Waals surface area contributed by atoms with E-state index >= 15 is 0 Å². The summed E-state index contributed by atoms with van der Waals surface area (Å²) in [6, 6.07) is 7.55. The molecule has 88 valence electrons. The number of aliphatic hydroxyl groups excluding tert-OH is 1. The second-order valence-corrected chi connectivity index (χ2v) is 4.63. The van der Waals surface area contributed by atoms with Crippen molar-refractivity contribution in [1.29, 1.82) is 0 Å². The van der Waals surface area contributed by atoms with Gasteiger partial charge >= 0.3 is 5.97 Å². The van der Waals surface area contributed by atoms with Crippen molar-refractivity contribution < 1.29 is 14.6 Å². The van der Waals surface area contributed by atoms with Gasteiger partial charge in [0.15, 0.2) is 0 Å². The summed E-state index contributed by atoms with van der Waals surface area (Å²) in [4.78, 5) is 11.8. The number of carbonyl (C=O) groups is 1. The number of ether oxygens (including phenoxy) is 1. The fraction of sp³-hybridized carbons (Fsp3) is 0.133. The molecular weight excluding hydrogens is 228 g/mol. The Bertz CT molecular complexity index is 728. The fourth-order valence-electron chi connectivity index (χ4n) is 2.85. The molecular formula is C15H10O3. The fourth-order valence-corrected chi connectivity index (χ4v) is 2.85. The summed E-state index contributed by atoms with van der Waals surface area (Å²) in [7, 11) is 0. The molecule has 0 aromatic heterocycles. The molecule has 0 saturated carbocycles. The van der Waals surface area contributed by atoms with Crippen LogP contribution in [0.3, 0.4) is 0 Å². The highest BCUT2D eigenvalue weighted by Gasteiger charge is 2.28. The predicted molar refractivity (Wildman–Crippen MR) is 67.1 cm³/mol. The average molecular weight is 238 g/mol. The third-order valence-electron chi connectivity index (χ3n) is 3.65. The number of allylic oxidation sites excluding steroid dienone is 1. The summed E-state index contributed by atoms with van der Waals surface area (Å²) in [5.41, 5.74) is 3.51. The summed E-state index contributed by atoms with van der Waals surface area (Å²) in [5.74, 6) is -0.451. The van der Waals surface area contributed by atoms with Gasteiger partial charge in [0, 0.05) is 10.9 Å². The normalized spacial score (nSPS) is 20.1. The summed E-state index contributed by atoms with van der Waals surface area (Å²) < 4.78 is 4.93. The van der Waals surface area contributed by atoms with Gasteiger partial charge < -0.3 is 9.84 Å². The van der Waals surface area contributed by atoms with Gasteiger partial charge in [-0.05, 0) is 29.0 Å². The van der Waals surface area contributed by atoms with Crippen LogP contribution in [0.2, 0.25) is 0 Å².